The van der Waals surface area contributed by atoms with Crippen LogP contribution >= 0.6 is 11.3 Å². The van der Waals surface area contributed by atoms with Crippen molar-refractivity contribution < 1.29 is 0 Å². The Bertz CT molecular complexity index is 276. The van der Waals surface area contributed by atoms with Gasteiger partial charge in [-0.2, -0.15) is 11.3 Å². The Labute approximate surface area is 95.9 Å². The lowest BCUT2D eigenvalue weighted by molar-refractivity contribution is 0.322. The van der Waals surface area contributed by atoms with Crippen LogP contribution in [0.25, 0.3) is 0 Å². The molecule has 0 spiro atoms. The van der Waals surface area contributed by atoms with Gasteiger partial charge in [-0.15, -0.1) is 0 Å². The van der Waals surface area contributed by atoms with Crippen molar-refractivity contribution in [1.29, 1.82) is 0 Å². The molecular formula is C12H20N2S. The molecule has 1 aromatic rings. The summed E-state index contributed by atoms with van der Waals surface area (Å²) in [6.45, 7) is 2.25. The second-order valence-corrected chi connectivity index (χ2v) is 5.34. The topological polar surface area (TPSA) is 38.0 Å². The van der Waals surface area contributed by atoms with E-state index in [4.69, 9.17) is 5.73 Å². The minimum Gasteiger partial charge on any atom is -0.328 e. The molecule has 1 aliphatic carbocycles. The summed E-state index contributed by atoms with van der Waals surface area (Å²) < 4.78 is 0. The number of nitrogens with two attached hydrogens (primary N) is 1. The van der Waals surface area contributed by atoms with Crippen LogP contribution in [0, 0.1) is 0 Å². The highest BCUT2D eigenvalue weighted by Crippen LogP contribution is 2.22. The Hall–Kier alpha value is -0.380. The summed E-state index contributed by atoms with van der Waals surface area (Å²) in [7, 11) is 0. The molecule has 84 valence electrons. The summed E-state index contributed by atoms with van der Waals surface area (Å²) in [5, 5.41) is 8.06. The van der Waals surface area contributed by atoms with E-state index in [1.54, 1.807) is 11.3 Å². The van der Waals surface area contributed by atoms with E-state index in [0.29, 0.717) is 18.1 Å². The fraction of sp³-hybridized carbons (Fsp3) is 0.667. The molecule has 0 bridgehead atoms. The molecule has 0 saturated heterocycles. The van der Waals surface area contributed by atoms with E-state index in [2.05, 4.69) is 29.1 Å². The van der Waals surface area contributed by atoms with Gasteiger partial charge in [0, 0.05) is 18.1 Å². The molecule has 0 aliphatic heterocycles. The van der Waals surface area contributed by atoms with Gasteiger partial charge in [0.05, 0.1) is 0 Å². The Kier molecular flexibility index (Phi) is 3.78. The van der Waals surface area contributed by atoms with Crippen LogP contribution in [0.4, 0.5) is 0 Å². The first-order valence-corrected chi connectivity index (χ1v) is 6.73. The van der Waals surface area contributed by atoms with Crippen molar-refractivity contribution in [1.82, 2.24) is 5.32 Å². The van der Waals surface area contributed by atoms with Gasteiger partial charge < -0.3 is 11.1 Å². The smallest absolute Gasteiger partial charge is 0.0302 e. The SMILES string of the molecule is CC(NC1CCC(N)CC1)c1ccsc1. The van der Waals surface area contributed by atoms with E-state index in [1.165, 1.54) is 31.2 Å². The molecule has 3 N–H and O–H groups in total. The summed E-state index contributed by atoms with van der Waals surface area (Å²) in [5.74, 6) is 0. The fourth-order valence-electron chi connectivity index (χ4n) is 2.26. The van der Waals surface area contributed by atoms with E-state index in [-0.39, 0.29) is 0 Å². The highest BCUT2D eigenvalue weighted by atomic mass is 32.1. The molecule has 1 aliphatic rings. The second kappa shape index (κ2) is 5.10. The molecule has 1 fully saturated rings. The molecule has 0 amide bonds. The first-order valence-electron chi connectivity index (χ1n) is 5.79. The molecule has 0 radical (unpaired) electrons. The van der Waals surface area contributed by atoms with Crippen LogP contribution in [0.3, 0.4) is 0 Å². The summed E-state index contributed by atoms with van der Waals surface area (Å²) in [5.41, 5.74) is 7.31. The normalized spacial score (nSPS) is 28.9. The van der Waals surface area contributed by atoms with Crippen molar-refractivity contribution in [3.05, 3.63) is 22.4 Å². The fourth-order valence-corrected chi connectivity index (χ4v) is 3.01. The molecule has 2 nitrogen and oxygen atoms in total. The number of thiophene rings is 1. The van der Waals surface area contributed by atoms with Gasteiger partial charge in [0.2, 0.25) is 0 Å². The van der Waals surface area contributed by atoms with E-state index < -0.39 is 0 Å². The van der Waals surface area contributed by atoms with Crippen molar-refractivity contribution in [2.75, 3.05) is 0 Å². The zero-order chi connectivity index (χ0) is 10.7. The largest absolute Gasteiger partial charge is 0.328 e. The monoisotopic (exact) mass is 224 g/mol. The van der Waals surface area contributed by atoms with Gasteiger partial charge in [0.1, 0.15) is 0 Å². The molecule has 2 rings (SSSR count). The Balaban J connectivity index is 1.82. The number of hydrogen-bond donors (Lipinski definition) is 2. The van der Waals surface area contributed by atoms with Crippen molar-refractivity contribution in [2.45, 2.75) is 50.7 Å². The molecule has 15 heavy (non-hydrogen) atoms. The van der Waals surface area contributed by atoms with Crippen LogP contribution in [0.2, 0.25) is 0 Å². The maximum atomic E-state index is 5.90. The molecule has 0 aromatic carbocycles. The van der Waals surface area contributed by atoms with E-state index in [9.17, 15) is 0 Å². The van der Waals surface area contributed by atoms with Gasteiger partial charge in [-0.3, -0.25) is 0 Å². The lowest BCUT2D eigenvalue weighted by Gasteiger charge is -2.29. The average molecular weight is 224 g/mol. The van der Waals surface area contributed by atoms with Gasteiger partial charge in [-0.1, -0.05) is 0 Å². The van der Waals surface area contributed by atoms with E-state index in [0.717, 1.165) is 0 Å². The Morgan fingerprint density at radius 3 is 2.73 bits per heavy atom. The summed E-state index contributed by atoms with van der Waals surface area (Å²) >= 11 is 1.77. The molecule has 1 saturated carbocycles. The van der Waals surface area contributed by atoms with Crippen LogP contribution in [0.15, 0.2) is 16.8 Å². The third-order valence-corrected chi connectivity index (χ3v) is 4.00. The predicted molar refractivity (Wildman–Crippen MR) is 66.1 cm³/mol. The maximum Gasteiger partial charge on any atom is 0.0302 e. The minimum absolute atomic E-state index is 0.444. The molecule has 1 unspecified atom stereocenters. The highest BCUT2D eigenvalue weighted by Gasteiger charge is 2.20. The van der Waals surface area contributed by atoms with Crippen LogP contribution < -0.4 is 11.1 Å². The first-order chi connectivity index (χ1) is 7.25. The van der Waals surface area contributed by atoms with Crippen LogP contribution in [-0.2, 0) is 0 Å². The lowest BCUT2D eigenvalue weighted by atomic mass is 9.91. The van der Waals surface area contributed by atoms with Crippen LogP contribution in [-0.4, -0.2) is 12.1 Å². The highest BCUT2D eigenvalue weighted by molar-refractivity contribution is 7.07. The lowest BCUT2D eigenvalue weighted by Crippen LogP contribution is -2.38. The van der Waals surface area contributed by atoms with Crippen molar-refractivity contribution >= 4 is 11.3 Å². The quantitative estimate of drug-likeness (QED) is 0.828. The van der Waals surface area contributed by atoms with Gasteiger partial charge in [0.25, 0.3) is 0 Å². The van der Waals surface area contributed by atoms with Crippen molar-refractivity contribution in [2.24, 2.45) is 5.73 Å². The first kappa shape index (κ1) is 11.1. The third kappa shape index (κ3) is 3.03. The zero-order valence-corrected chi connectivity index (χ0v) is 10.1. The number of rotatable bonds is 3. The van der Waals surface area contributed by atoms with Gasteiger partial charge in [-0.05, 0) is 55.0 Å². The van der Waals surface area contributed by atoms with E-state index >= 15 is 0 Å². The summed E-state index contributed by atoms with van der Waals surface area (Å²) in [6, 6.07) is 3.80. The number of hydrogen-bond acceptors (Lipinski definition) is 3. The van der Waals surface area contributed by atoms with Gasteiger partial charge in [0.15, 0.2) is 0 Å². The van der Waals surface area contributed by atoms with Gasteiger partial charge in [-0.25, -0.2) is 0 Å². The molecule has 3 heteroatoms. The van der Waals surface area contributed by atoms with E-state index in [1.807, 2.05) is 0 Å². The Morgan fingerprint density at radius 1 is 1.40 bits per heavy atom. The Morgan fingerprint density at radius 2 is 2.13 bits per heavy atom. The average Bonchev–Trinajstić information content (AvgIpc) is 2.74. The minimum atomic E-state index is 0.444. The van der Waals surface area contributed by atoms with Crippen molar-refractivity contribution in [3.8, 4) is 0 Å². The third-order valence-electron chi connectivity index (χ3n) is 3.30. The van der Waals surface area contributed by atoms with Crippen molar-refractivity contribution in [3.63, 3.8) is 0 Å². The second-order valence-electron chi connectivity index (χ2n) is 4.56. The summed E-state index contributed by atoms with van der Waals surface area (Å²) in [6.07, 6.45) is 4.81. The molecule has 1 aromatic heterocycles. The van der Waals surface area contributed by atoms with Gasteiger partial charge >= 0.3 is 0 Å². The molecular weight excluding hydrogens is 204 g/mol. The molecule has 1 heterocycles. The predicted octanol–water partition coefficient (Wildman–Crippen LogP) is 2.67. The zero-order valence-electron chi connectivity index (χ0n) is 9.28. The van der Waals surface area contributed by atoms with Crippen LogP contribution in [0.5, 0.6) is 0 Å². The standard InChI is InChI=1S/C12H20N2S/c1-9(10-6-7-15-8-10)14-12-4-2-11(13)3-5-12/h6-9,11-12,14H,2-5,13H2,1H3. The molecule has 1 atom stereocenters. The van der Waals surface area contributed by atoms with Crippen LogP contribution in [0.1, 0.15) is 44.2 Å². The summed E-state index contributed by atoms with van der Waals surface area (Å²) in [4.78, 5) is 0. The number of nitrogens with one attached hydrogen (secondary N) is 1. The maximum absolute atomic E-state index is 5.90.